The summed E-state index contributed by atoms with van der Waals surface area (Å²) < 4.78 is 7.01. The van der Waals surface area contributed by atoms with Gasteiger partial charge in [-0.3, -0.25) is 4.79 Å². The van der Waals surface area contributed by atoms with Gasteiger partial charge < -0.3 is 9.30 Å². The van der Waals surface area contributed by atoms with Gasteiger partial charge >= 0.3 is 5.97 Å². The molecular formula is C20H21NO2. The standard InChI is InChI=1S/C20H21NO2/c1-23-20(22)13-7-10-17-15-21(14-16-8-3-2-4-9-16)19-12-6-5-11-18(17)19/h2-6,8-9,11-12,15H,7,10,13-14H2,1H3. The third-order valence-electron chi connectivity index (χ3n) is 4.12. The van der Waals surface area contributed by atoms with Gasteiger partial charge in [0.1, 0.15) is 0 Å². The summed E-state index contributed by atoms with van der Waals surface area (Å²) in [4.78, 5) is 11.3. The summed E-state index contributed by atoms with van der Waals surface area (Å²) in [5.41, 5.74) is 3.82. The molecule has 2 aromatic carbocycles. The lowest BCUT2D eigenvalue weighted by molar-refractivity contribution is -0.140. The van der Waals surface area contributed by atoms with Crippen LogP contribution in [0, 0.1) is 0 Å². The molecule has 0 amide bonds. The molecule has 0 saturated heterocycles. The quantitative estimate of drug-likeness (QED) is 0.640. The third kappa shape index (κ3) is 3.62. The summed E-state index contributed by atoms with van der Waals surface area (Å²) in [6, 6.07) is 18.9. The zero-order chi connectivity index (χ0) is 16.1. The van der Waals surface area contributed by atoms with Gasteiger partial charge in [-0.2, -0.15) is 0 Å². The van der Waals surface area contributed by atoms with E-state index in [0.29, 0.717) is 6.42 Å². The van der Waals surface area contributed by atoms with Gasteiger partial charge in [0.25, 0.3) is 0 Å². The van der Waals surface area contributed by atoms with Crippen molar-refractivity contribution < 1.29 is 9.53 Å². The molecule has 0 fully saturated rings. The van der Waals surface area contributed by atoms with Crippen molar-refractivity contribution >= 4 is 16.9 Å². The van der Waals surface area contributed by atoms with E-state index >= 15 is 0 Å². The fourth-order valence-electron chi connectivity index (χ4n) is 2.96. The van der Waals surface area contributed by atoms with Gasteiger partial charge in [-0.1, -0.05) is 48.5 Å². The van der Waals surface area contributed by atoms with Crippen LogP contribution in [-0.2, 0) is 22.5 Å². The summed E-state index contributed by atoms with van der Waals surface area (Å²) in [6.07, 6.45) is 4.38. The van der Waals surface area contributed by atoms with E-state index in [1.807, 2.05) is 6.07 Å². The molecule has 0 aliphatic rings. The topological polar surface area (TPSA) is 31.2 Å². The number of ether oxygens (including phenoxy) is 1. The van der Waals surface area contributed by atoms with Gasteiger partial charge in [-0.25, -0.2) is 0 Å². The van der Waals surface area contributed by atoms with E-state index in [2.05, 4.69) is 59.3 Å². The Labute approximate surface area is 136 Å². The lowest BCUT2D eigenvalue weighted by atomic mass is 10.1. The third-order valence-corrected chi connectivity index (χ3v) is 4.12. The molecule has 0 radical (unpaired) electrons. The van der Waals surface area contributed by atoms with Gasteiger partial charge in [-0.05, 0) is 30.0 Å². The van der Waals surface area contributed by atoms with Gasteiger partial charge in [0.15, 0.2) is 0 Å². The Morgan fingerprint density at radius 3 is 2.57 bits per heavy atom. The minimum atomic E-state index is -0.141. The first kappa shape index (κ1) is 15.3. The number of carbonyl (C=O) groups is 1. The van der Waals surface area contributed by atoms with Gasteiger partial charge in [0.05, 0.1) is 7.11 Å². The van der Waals surface area contributed by atoms with Crippen LogP contribution < -0.4 is 0 Å². The highest BCUT2D eigenvalue weighted by Crippen LogP contribution is 2.24. The Hall–Kier alpha value is -2.55. The number of aryl methyl sites for hydroxylation is 1. The molecule has 0 aliphatic carbocycles. The number of hydrogen-bond acceptors (Lipinski definition) is 2. The number of para-hydroxylation sites is 1. The number of aromatic nitrogens is 1. The highest BCUT2D eigenvalue weighted by Gasteiger charge is 2.09. The monoisotopic (exact) mass is 307 g/mol. The van der Waals surface area contributed by atoms with Crippen molar-refractivity contribution in [3.63, 3.8) is 0 Å². The lowest BCUT2D eigenvalue weighted by Gasteiger charge is -2.05. The molecule has 1 heterocycles. The van der Waals surface area contributed by atoms with Crippen LogP contribution in [0.1, 0.15) is 24.0 Å². The van der Waals surface area contributed by atoms with Crippen LogP contribution in [0.25, 0.3) is 10.9 Å². The van der Waals surface area contributed by atoms with Gasteiger partial charge in [-0.15, -0.1) is 0 Å². The second-order valence-electron chi connectivity index (χ2n) is 5.71. The molecule has 3 rings (SSSR count). The molecule has 118 valence electrons. The number of carbonyl (C=O) groups excluding carboxylic acids is 1. The minimum Gasteiger partial charge on any atom is -0.469 e. The highest BCUT2D eigenvalue weighted by atomic mass is 16.5. The first-order valence-electron chi connectivity index (χ1n) is 7.95. The largest absolute Gasteiger partial charge is 0.469 e. The fourth-order valence-corrected chi connectivity index (χ4v) is 2.96. The van der Waals surface area contributed by atoms with Gasteiger partial charge in [0.2, 0.25) is 0 Å². The van der Waals surface area contributed by atoms with E-state index in [-0.39, 0.29) is 5.97 Å². The molecule has 0 saturated carbocycles. The molecule has 1 aromatic heterocycles. The van der Waals surface area contributed by atoms with E-state index in [4.69, 9.17) is 4.74 Å². The second-order valence-corrected chi connectivity index (χ2v) is 5.71. The van der Waals surface area contributed by atoms with Crippen molar-refractivity contribution in [3.05, 3.63) is 71.9 Å². The molecule has 0 aliphatic heterocycles. The number of methoxy groups -OCH3 is 1. The Kier molecular flexibility index (Phi) is 4.77. The van der Waals surface area contributed by atoms with Crippen LogP contribution in [-0.4, -0.2) is 17.6 Å². The van der Waals surface area contributed by atoms with E-state index in [9.17, 15) is 4.79 Å². The van der Waals surface area contributed by atoms with Crippen molar-refractivity contribution in [1.29, 1.82) is 0 Å². The van der Waals surface area contributed by atoms with Crippen LogP contribution in [0.2, 0.25) is 0 Å². The van der Waals surface area contributed by atoms with Crippen molar-refractivity contribution in [2.75, 3.05) is 7.11 Å². The molecule has 0 N–H and O–H groups in total. The predicted octanol–water partition coefficient (Wildman–Crippen LogP) is 4.19. The number of nitrogens with zero attached hydrogens (tertiary/aromatic N) is 1. The minimum absolute atomic E-state index is 0.141. The smallest absolute Gasteiger partial charge is 0.305 e. The van der Waals surface area contributed by atoms with Crippen molar-refractivity contribution in [2.24, 2.45) is 0 Å². The van der Waals surface area contributed by atoms with Crippen LogP contribution in [0.3, 0.4) is 0 Å². The van der Waals surface area contributed by atoms with Crippen LogP contribution in [0.5, 0.6) is 0 Å². The zero-order valence-corrected chi connectivity index (χ0v) is 13.4. The SMILES string of the molecule is COC(=O)CCCc1cn(Cc2ccccc2)c2ccccc12. The van der Waals surface area contributed by atoms with Crippen molar-refractivity contribution in [1.82, 2.24) is 4.57 Å². The maximum Gasteiger partial charge on any atom is 0.305 e. The molecule has 0 unspecified atom stereocenters. The number of rotatable bonds is 6. The number of esters is 1. The van der Waals surface area contributed by atoms with Crippen molar-refractivity contribution in [3.8, 4) is 0 Å². The molecule has 0 bridgehead atoms. The Balaban J connectivity index is 1.83. The van der Waals surface area contributed by atoms with E-state index in [1.54, 1.807) is 0 Å². The Morgan fingerprint density at radius 2 is 1.78 bits per heavy atom. The molecule has 0 atom stereocenters. The van der Waals surface area contributed by atoms with E-state index in [0.717, 1.165) is 19.4 Å². The molecule has 3 aromatic rings. The summed E-state index contributed by atoms with van der Waals surface area (Å²) in [5, 5.41) is 1.27. The summed E-state index contributed by atoms with van der Waals surface area (Å²) >= 11 is 0. The average molecular weight is 307 g/mol. The maximum atomic E-state index is 11.3. The molecule has 0 spiro atoms. The number of fused-ring (bicyclic) bond motifs is 1. The van der Waals surface area contributed by atoms with Crippen LogP contribution >= 0.6 is 0 Å². The van der Waals surface area contributed by atoms with Gasteiger partial charge in [0, 0.05) is 30.1 Å². The number of benzene rings is 2. The summed E-state index contributed by atoms with van der Waals surface area (Å²) in [5.74, 6) is -0.141. The Bertz CT molecular complexity index is 790. The second kappa shape index (κ2) is 7.14. The summed E-state index contributed by atoms with van der Waals surface area (Å²) in [7, 11) is 1.44. The van der Waals surface area contributed by atoms with Crippen LogP contribution in [0.4, 0.5) is 0 Å². The van der Waals surface area contributed by atoms with Crippen LogP contribution in [0.15, 0.2) is 60.8 Å². The highest BCUT2D eigenvalue weighted by molar-refractivity contribution is 5.84. The van der Waals surface area contributed by atoms with E-state index in [1.165, 1.54) is 29.1 Å². The zero-order valence-electron chi connectivity index (χ0n) is 13.4. The molecule has 3 nitrogen and oxygen atoms in total. The lowest BCUT2D eigenvalue weighted by Crippen LogP contribution is -2.00. The normalized spacial score (nSPS) is 10.8. The molecule has 3 heteroatoms. The first-order valence-corrected chi connectivity index (χ1v) is 7.95. The van der Waals surface area contributed by atoms with E-state index < -0.39 is 0 Å². The first-order chi connectivity index (χ1) is 11.3. The number of hydrogen-bond donors (Lipinski definition) is 0. The average Bonchev–Trinajstić information content (AvgIpc) is 2.94. The Morgan fingerprint density at radius 1 is 1.04 bits per heavy atom. The molecular weight excluding hydrogens is 286 g/mol. The maximum absolute atomic E-state index is 11.3. The molecule has 23 heavy (non-hydrogen) atoms. The summed E-state index contributed by atoms with van der Waals surface area (Å²) in [6.45, 7) is 0.859. The fraction of sp³-hybridized carbons (Fsp3) is 0.250. The predicted molar refractivity (Wildman–Crippen MR) is 92.4 cm³/mol. The van der Waals surface area contributed by atoms with Crippen molar-refractivity contribution in [2.45, 2.75) is 25.8 Å².